The standard InChI is InChI=1S/C21H18F3N3O/c1-13-9-19(25-12-15-5-3-8-18(10-15)21(22,23)24)27-20(26-13)17-7-4-6-16(11-17)14(2)28/h3-11H,12H2,1-2H3,(H,25,26,27). The van der Waals surface area contributed by atoms with Crippen molar-refractivity contribution in [2.45, 2.75) is 26.6 Å². The van der Waals surface area contributed by atoms with E-state index in [0.29, 0.717) is 34.0 Å². The second-order valence-corrected chi connectivity index (χ2v) is 6.41. The molecule has 0 radical (unpaired) electrons. The predicted molar refractivity (Wildman–Crippen MR) is 101 cm³/mol. The van der Waals surface area contributed by atoms with Crippen molar-refractivity contribution >= 4 is 11.6 Å². The van der Waals surface area contributed by atoms with Gasteiger partial charge < -0.3 is 5.32 Å². The second kappa shape index (κ2) is 7.80. The van der Waals surface area contributed by atoms with E-state index in [4.69, 9.17) is 0 Å². The van der Waals surface area contributed by atoms with Crippen molar-refractivity contribution < 1.29 is 18.0 Å². The minimum atomic E-state index is -4.38. The molecule has 0 saturated heterocycles. The largest absolute Gasteiger partial charge is 0.416 e. The monoisotopic (exact) mass is 385 g/mol. The van der Waals surface area contributed by atoms with Crippen LogP contribution in [-0.4, -0.2) is 15.8 Å². The highest BCUT2D eigenvalue weighted by Crippen LogP contribution is 2.29. The Balaban J connectivity index is 1.83. The van der Waals surface area contributed by atoms with Gasteiger partial charge in [-0.15, -0.1) is 0 Å². The highest BCUT2D eigenvalue weighted by atomic mass is 19.4. The van der Waals surface area contributed by atoms with E-state index in [1.807, 2.05) is 0 Å². The van der Waals surface area contributed by atoms with Crippen LogP contribution in [0.5, 0.6) is 0 Å². The Morgan fingerprint density at radius 1 is 1.04 bits per heavy atom. The van der Waals surface area contributed by atoms with E-state index < -0.39 is 11.7 Å². The maximum Gasteiger partial charge on any atom is 0.416 e. The molecule has 0 atom stereocenters. The molecule has 28 heavy (non-hydrogen) atoms. The zero-order valence-corrected chi connectivity index (χ0v) is 15.3. The molecule has 4 nitrogen and oxygen atoms in total. The van der Waals surface area contributed by atoms with Gasteiger partial charge in [0.05, 0.1) is 5.56 Å². The van der Waals surface area contributed by atoms with Crippen LogP contribution >= 0.6 is 0 Å². The lowest BCUT2D eigenvalue weighted by Gasteiger charge is -2.11. The van der Waals surface area contributed by atoms with Crippen LogP contribution in [0.15, 0.2) is 54.6 Å². The Morgan fingerprint density at radius 2 is 1.79 bits per heavy atom. The van der Waals surface area contributed by atoms with Crippen LogP contribution in [0.3, 0.4) is 0 Å². The third-order valence-electron chi connectivity index (χ3n) is 4.11. The first-order valence-corrected chi connectivity index (χ1v) is 8.59. The fraction of sp³-hybridized carbons (Fsp3) is 0.190. The molecule has 0 aliphatic rings. The first-order chi connectivity index (χ1) is 13.2. The number of carbonyl (C=O) groups is 1. The van der Waals surface area contributed by atoms with Gasteiger partial charge in [-0.05, 0) is 37.6 Å². The lowest BCUT2D eigenvalue weighted by atomic mass is 10.1. The van der Waals surface area contributed by atoms with Crippen LogP contribution in [0.1, 0.15) is 34.1 Å². The van der Waals surface area contributed by atoms with Crippen molar-refractivity contribution in [2.75, 3.05) is 5.32 Å². The molecular formula is C21H18F3N3O. The Hall–Kier alpha value is -3.22. The molecule has 0 aliphatic heterocycles. The van der Waals surface area contributed by atoms with E-state index in [1.165, 1.54) is 13.0 Å². The molecule has 0 aliphatic carbocycles. The van der Waals surface area contributed by atoms with E-state index in [1.54, 1.807) is 43.3 Å². The predicted octanol–water partition coefficient (Wildman–Crippen LogP) is 5.29. The summed E-state index contributed by atoms with van der Waals surface area (Å²) in [4.78, 5) is 20.4. The molecule has 7 heteroatoms. The SMILES string of the molecule is CC(=O)c1cccc(-c2nc(C)cc(NCc3cccc(C(F)(F)F)c3)n2)c1. The van der Waals surface area contributed by atoms with Crippen LogP contribution in [0, 0.1) is 6.92 Å². The third-order valence-corrected chi connectivity index (χ3v) is 4.11. The lowest BCUT2D eigenvalue weighted by Crippen LogP contribution is -2.08. The minimum Gasteiger partial charge on any atom is -0.366 e. The summed E-state index contributed by atoms with van der Waals surface area (Å²) in [5, 5.41) is 3.04. The summed E-state index contributed by atoms with van der Waals surface area (Å²) >= 11 is 0. The van der Waals surface area contributed by atoms with Crippen LogP contribution < -0.4 is 5.32 Å². The van der Waals surface area contributed by atoms with Gasteiger partial charge >= 0.3 is 6.18 Å². The van der Waals surface area contributed by atoms with Crippen molar-refractivity contribution in [1.29, 1.82) is 0 Å². The number of rotatable bonds is 5. The fourth-order valence-corrected chi connectivity index (χ4v) is 2.72. The quantitative estimate of drug-likeness (QED) is 0.607. The smallest absolute Gasteiger partial charge is 0.366 e. The van der Waals surface area contributed by atoms with Gasteiger partial charge in [-0.3, -0.25) is 4.79 Å². The Bertz CT molecular complexity index is 1020. The number of halogens is 3. The zero-order valence-electron chi connectivity index (χ0n) is 15.3. The first-order valence-electron chi connectivity index (χ1n) is 8.59. The maximum atomic E-state index is 12.8. The van der Waals surface area contributed by atoms with Crippen LogP contribution in [0.2, 0.25) is 0 Å². The molecule has 1 heterocycles. The topological polar surface area (TPSA) is 54.9 Å². The summed E-state index contributed by atoms with van der Waals surface area (Å²) in [6.07, 6.45) is -4.38. The highest BCUT2D eigenvalue weighted by molar-refractivity contribution is 5.95. The van der Waals surface area contributed by atoms with Gasteiger partial charge in [0.2, 0.25) is 0 Å². The molecule has 0 saturated carbocycles. The molecule has 0 bridgehead atoms. The first kappa shape index (κ1) is 19.5. The molecule has 3 aromatic rings. The van der Waals surface area contributed by atoms with Gasteiger partial charge in [-0.25, -0.2) is 9.97 Å². The van der Waals surface area contributed by atoms with Crippen LogP contribution in [-0.2, 0) is 12.7 Å². The number of anilines is 1. The molecule has 1 aromatic heterocycles. The number of carbonyl (C=O) groups excluding carboxylic acids is 1. The van der Waals surface area contributed by atoms with Crippen molar-refractivity contribution in [3.63, 3.8) is 0 Å². The number of benzene rings is 2. The van der Waals surface area contributed by atoms with Crippen LogP contribution in [0.4, 0.5) is 19.0 Å². The Labute approximate surface area is 160 Å². The number of aryl methyl sites for hydroxylation is 1. The van der Waals surface area contributed by atoms with E-state index in [-0.39, 0.29) is 12.3 Å². The molecule has 0 unspecified atom stereocenters. The van der Waals surface area contributed by atoms with Gasteiger partial charge in [0, 0.05) is 29.4 Å². The van der Waals surface area contributed by atoms with Gasteiger partial charge in [-0.1, -0.05) is 30.3 Å². The number of alkyl halides is 3. The zero-order chi connectivity index (χ0) is 20.3. The summed E-state index contributed by atoms with van der Waals surface area (Å²) in [6, 6.07) is 13.9. The number of aromatic nitrogens is 2. The molecule has 144 valence electrons. The Morgan fingerprint density at radius 3 is 2.50 bits per heavy atom. The average Bonchev–Trinajstić information content (AvgIpc) is 2.65. The molecule has 2 aromatic carbocycles. The van der Waals surface area contributed by atoms with Crippen molar-refractivity contribution in [3.8, 4) is 11.4 Å². The number of Topliss-reactive ketones (excluding diaryl/α,β-unsaturated/α-hetero) is 1. The summed E-state index contributed by atoms with van der Waals surface area (Å²) in [7, 11) is 0. The molecule has 3 rings (SSSR count). The normalized spacial score (nSPS) is 11.3. The second-order valence-electron chi connectivity index (χ2n) is 6.41. The highest BCUT2D eigenvalue weighted by Gasteiger charge is 2.30. The molecule has 1 N–H and O–H groups in total. The van der Waals surface area contributed by atoms with Gasteiger partial charge in [0.1, 0.15) is 5.82 Å². The number of nitrogens with zero attached hydrogens (tertiary/aromatic N) is 2. The summed E-state index contributed by atoms with van der Waals surface area (Å²) < 4.78 is 38.5. The number of nitrogens with one attached hydrogen (secondary N) is 1. The number of ketones is 1. The molecule has 0 amide bonds. The van der Waals surface area contributed by atoms with E-state index in [9.17, 15) is 18.0 Å². The van der Waals surface area contributed by atoms with Gasteiger partial charge in [0.25, 0.3) is 0 Å². The summed E-state index contributed by atoms with van der Waals surface area (Å²) in [6.45, 7) is 3.47. The van der Waals surface area contributed by atoms with Gasteiger partial charge in [0.15, 0.2) is 11.6 Å². The van der Waals surface area contributed by atoms with E-state index >= 15 is 0 Å². The molecule has 0 fully saturated rings. The van der Waals surface area contributed by atoms with Crippen molar-refractivity contribution in [3.05, 3.63) is 77.0 Å². The lowest BCUT2D eigenvalue weighted by molar-refractivity contribution is -0.137. The van der Waals surface area contributed by atoms with Crippen LogP contribution in [0.25, 0.3) is 11.4 Å². The summed E-state index contributed by atoms with van der Waals surface area (Å²) in [5.41, 5.74) is 1.75. The van der Waals surface area contributed by atoms with Crippen molar-refractivity contribution in [1.82, 2.24) is 9.97 Å². The summed E-state index contributed by atoms with van der Waals surface area (Å²) in [5.74, 6) is 0.875. The van der Waals surface area contributed by atoms with Crippen molar-refractivity contribution in [2.24, 2.45) is 0 Å². The Kier molecular flexibility index (Phi) is 5.44. The van der Waals surface area contributed by atoms with E-state index in [0.717, 1.165) is 12.1 Å². The number of hydrogen-bond donors (Lipinski definition) is 1. The minimum absolute atomic E-state index is 0.0580. The maximum absolute atomic E-state index is 12.8. The number of hydrogen-bond acceptors (Lipinski definition) is 4. The molecule has 0 spiro atoms. The average molecular weight is 385 g/mol. The molecular weight excluding hydrogens is 367 g/mol. The van der Waals surface area contributed by atoms with Gasteiger partial charge in [-0.2, -0.15) is 13.2 Å². The van der Waals surface area contributed by atoms with E-state index in [2.05, 4.69) is 15.3 Å². The fourth-order valence-electron chi connectivity index (χ4n) is 2.72. The third kappa shape index (κ3) is 4.73.